The van der Waals surface area contributed by atoms with Gasteiger partial charge < -0.3 is 0 Å². The van der Waals surface area contributed by atoms with Gasteiger partial charge in [0, 0.05) is 65.4 Å². The molecule has 2 heteroatoms. The quantitative estimate of drug-likeness (QED) is 0.705. The van der Waals surface area contributed by atoms with Crippen molar-refractivity contribution in [3.63, 3.8) is 0 Å². The van der Waals surface area contributed by atoms with Crippen LogP contribution in [0.15, 0.2) is 54.6 Å². The van der Waals surface area contributed by atoms with Crippen LogP contribution in [-0.4, -0.2) is 0 Å². The average molecular weight is 331 g/mol. The Labute approximate surface area is 135 Å². The molecule has 0 bridgehead atoms. The number of hydrogen-bond donors (Lipinski definition) is 0. The summed E-state index contributed by atoms with van der Waals surface area (Å²) in [6.45, 7) is 0. The molecule has 0 unspecified atom stereocenters. The fraction of sp³-hybridized carbons (Fsp3) is 0. The van der Waals surface area contributed by atoms with Crippen LogP contribution in [-0.2, 0) is 65.4 Å². The third-order valence-electron chi connectivity index (χ3n) is 1.83. The first-order valence-corrected chi connectivity index (χ1v) is 3.98. The molecule has 0 nitrogen and oxygen atoms in total. The summed E-state index contributed by atoms with van der Waals surface area (Å²) in [5, 5.41) is 0. The van der Waals surface area contributed by atoms with Gasteiger partial charge in [0.15, 0.2) is 0 Å². The molecular formula is C12H9Y2-. The van der Waals surface area contributed by atoms with Crippen LogP contribution < -0.4 is 0 Å². The number of rotatable bonds is 1. The van der Waals surface area contributed by atoms with Gasteiger partial charge in [-0.3, -0.25) is 0 Å². The standard InChI is InChI=1S/C12H9.2Y/c1-3-7-11(8-4-1)12-9-5-2-6-10-12;;/h1,3-10H;;/q-1;;. The molecular weight excluding hydrogens is 322 g/mol. The minimum Gasteiger partial charge on any atom is -0.184 e. The molecule has 0 spiro atoms. The molecule has 0 aliphatic carbocycles. The maximum absolute atomic E-state index is 3.00. The summed E-state index contributed by atoms with van der Waals surface area (Å²) < 4.78 is 0. The second-order valence-electron chi connectivity index (χ2n) is 2.65. The molecule has 0 fully saturated rings. The molecule has 0 amide bonds. The zero-order valence-corrected chi connectivity index (χ0v) is 13.5. The van der Waals surface area contributed by atoms with Crippen LogP contribution in [0.1, 0.15) is 0 Å². The van der Waals surface area contributed by atoms with Gasteiger partial charge in [0.1, 0.15) is 0 Å². The monoisotopic (exact) mass is 331 g/mol. The Morgan fingerprint density at radius 3 is 1.71 bits per heavy atom. The zero-order chi connectivity index (χ0) is 8.23. The summed E-state index contributed by atoms with van der Waals surface area (Å²) in [7, 11) is 0. The van der Waals surface area contributed by atoms with E-state index in [2.05, 4.69) is 30.3 Å². The van der Waals surface area contributed by atoms with Crippen molar-refractivity contribution in [2.75, 3.05) is 0 Å². The van der Waals surface area contributed by atoms with Gasteiger partial charge in [-0.2, -0.15) is 30.3 Å². The third-order valence-corrected chi connectivity index (χ3v) is 1.83. The summed E-state index contributed by atoms with van der Waals surface area (Å²) in [6, 6.07) is 21.3. The molecule has 64 valence electrons. The first-order chi connectivity index (χ1) is 5.97. The van der Waals surface area contributed by atoms with Crippen molar-refractivity contribution in [2.24, 2.45) is 0 Å². The Balaban J connectivity index is 0.000000845. The second-order valence-corrected chi connectivity index (χ2v) is 2.65. The van der Waals surface area contributed by atoms with Crippen LogP contribution in [0.5, 0.6) is 0 Å². The molecule has 2 aromatic carbocycles. The molecule has 2 rings (SSSR count). The minimum absolute atomic E-state index is 0. The maximum atomic E-state index is 3.00. The Morgan fingerprint density at radius 2 is 1.14 bits per heavy atom. The summed E-state index contributed by atoms with van der Waals surface area (Å²) in [5.41, 5.74) is 2.50. The fourth-order valence-corrected chi connectivity index (χ4v) is 1.21. The molecule has 14 heavy (non-hydrogen) atoms. The van der Waals surface area contributed by atoms with Crippen molar-refractivity contribution in [3.8, 4) is 11.1 Å². The number of hydrogen-bond acceptors (Lipinski definition) is 0. The van der Waals surface area contributed by atoms with E-state index in [9.17, 15) is 0 Å². The van der Waals surface area contributed by atoms with Crippen molar-refractivity contribution < 1.29 is 65.4 Å². The van der Waals surface area contributed by atoms with E-state index in [0.717, 1.165) is 0 Å². The van der Waals surface area contributed by atoms with Gasteiger partial charge in [-0.25, -0.2) is 0 Å². The molecule has 0 aliphatic rings. The van der Waals surface area contributed by atoms with Gasteiger partial charge in [0.2, 0.25) is 0 Å². The van der Waals surface area contributed by atoms with E-state index in [-0.39, 0.29) is 65.4 Å². The SMILES string of the molecule is [Y].[Y].[c-]1ccc(-c2ccccc2)cc1. The first-order valence-electron chi connectivity index (χ1n) is 3.98. The molecule has 0 heterocycles. The average Bonchev–Trinajstić information content (AvgIpc) is 2.21. The molecule has 2 aromatic rings. The van der Waals surface area contributed by atoms with E-state index in [1.54, 1.807) is 0 Å². The predicted molar refractivity (Wildman–Crippen MR) is 50.7 cm³/mol. The maximum Gasteiger partial charge on any atom is 0 e. The first kappa shape index (κ1) is 14.6. The third kappa shape index (κ3) is 4.02. The van der Waals surface area contributed by atoms with E-state index in [1.165, 1.54) is 11.1 Å². The van der Waals surface area contributed by atoms with Gasteiger partial charge in [-0.15, -0.1) is 5.56 Å². The van der Waals surface area contributed by atoms with Gasteiger partial charge >= 0.3 is 0 Å². The Kier molecular flexibility index (Phi) is 8.24. The van der Waals surface area contributed by atoms with E-state index >= 15 is 0 Å². The van der Waals surface area contributed by atoms with Gasteiger partial charge in [-0.1, -0.05) is 30.3 Å². The second kappa shape index (κ2) is 7.88. The Hall–Kier alpha value is 0.648. The van der Waals surface area contributed by atoms with Crippen LogP contribution in [0.25, 0.3) is 11.1 Å². The summed E-state index contributed by atoms with van der Waals surface area (Å²) in [6.07, 6.45) is 0. The topological polar surface area (TPSA) is 0 Å². The van der Waals surface area contributed by atoms with Crippen molar-refractivity contribution in [2.45, 2.75) is 0 Å². The van der Waals surface area contributed by atoms with Crippen molar-refractivity contribution in [1.29, 1.82) is 0 Å². The minimum atomic E-state index is 0. The van der Waals surface area contributed by atoms with Crippen molar-refractivity contribution in [3.05, 3.63) is 60.7 Å². The van der Waals surface area contributed by atoms with E-state index in [1.807, 2.05) is 30.3 Å². The molecule has 0 aromatic heterocycles. The normalized spacial score (nSPS) is 8.29. The van der Waals surface area contributed by atoms with Gasteiger partial charge in [0.25, 0.3) is 0 Å². The molecule has 0 saturated heterocycles. The molecule has 2 radical (unpaired) electrons. The van der Waals surface area contributed by atoms with Gasteiger partial charge in [0.05, 0.1) is 0 Å². The zero-order valence-electron chi connectivity index (χ0n) is 7.85. The molecule has 0 atom stereocenters. The molecule has 0 saturated carbocycles. The summed E-state index contributed by atoms with van der Waals surface area (Å²) >= 11 is 0. The smallest absolute Gasteiger partial charge is 0 e. The summed E-state index contributed by atoms with van der Waals surface area (Å²) in [5.74, 6) is 0. The van der Waals surface area contributed by atoms with Crippen LogP contribution >= 0.6 is 0 Å². The van der Waals surface area contributed by atoms with E-state index in [4.69, 9.17) is 0 Å². The van der Waals surface area contributed by atoms with Crippen molar-refractivity contribution in [1.82, 2.24) is 0 Å². The Morgan fingerprint density at radius 1 is 0.643 bits per heavy atom. The van der Waals surface area contributed by atoms with E-state index in [0.29, 0.717) is 0 Å². The predicted octanol–water partition coefficient (Wildman–Crippen LogP) is 3.15. The van der Waals surface area contributed by atoms with Crippen LogP contribution in [0.3, 0.4) is 0 Å². The Bertz CT molecular complexity index is 306. The summed E-state index contributed by atoms with van der Waals surface area (Å²) in [4.78, 5) is 0. The number of benzene rings is 2. The fourth-order valence-electron chi connectivity index (χ4n) is 1.21. The van der Waals surface area contributed by atoms with Crippen molar-refractivity contribution >= 4 is 0 Å². The van der Waals surface area contributed by atoms with Gasteiger partial charge in [-0.05, 0) is 5.56 Å². The molecule has 0 N–H and O–H groups in total. The van der Waals surface area contributed by atoms with Crippen LogP contribution in [0.4, 0.5) is 0 Å². The molecule has 0 aliphatic heterocycles. The van der Waals surface area contributed by atoms with Crippen LogP contribution in [0.2, 0.25) is 0 Å². The van der Waals surface area contributed by atoms with Crippen LogP contribution in [0, 0.1) is 6.07 Å². The van der Waals surface area contributed by atoms with E-state index < -0.39 is 0 Å². The largest absolute Gasteiger partial charge is 0.184 e.